The zero-order valence-corrected chi connectivity index (χ0v) is 15.9. The number of hydrogen-bond donors (Lipinski definition) is 3. The molecule has 2 rings (SSSR count). The molecule has 0 saturated heterocycles. The quantitative estimate of drug-likeness (QED) is 0.519. The van der Waals surface area contributed by atoms with E-state index in [1.807, 2.05) is 6.08 Å². The fraction of sp³-hybridized carbons (Fsp3) is 0.727. The van der Waals surface area contributed by atoms with Crippen LogP contribution in [0.2, 0.25) is 0 Å². The van der Waals surface area contributed by atoms with Crippen LogP contribution in [0.4, 0.5) is 0 Å². The third kappa shape index (κ3) is 6.00. The number of aliphatic hydroxyl groups is 3. The molecule has 0 amide bonds. The molecule has 0 aromatic heterocycles. The molecular weight excluding hydrogens is 312 g/mol. The van der Waals surface area contributed by atoms with Gasteiger partial charge in [-0.2, -0.15) is 0 Å². The van der Waals surface area contributed by atoms with Gasteiger partial charge in [-0.15, -0.1) is 0 Å². The molecule has 0 saturated carbocycles. The Morgan fingerprint density at radius 2 is 2.08 bits per heavy atom. The lowest BCUT2D eigenvalue weighted by Crippen LogP contribution is -2.30. The zero-order valence-electron chi connectivity index (χ0n) is 15.9. The van der Waals surface area contributed by atoms with Gasteiger partial charge in [-0.25, -0.2) is 0 Å². The lowest BCUT2D eigenvalue weighted by Gasteiger charge is -2.38. The van der Waals surface area contributed by atoms with Crippen molar-refractivity contribution in [2.45, 2.75) is 77.4 Å². The Morgan fingerprint density at radius 3 is 2.76 bits per heavy atom. The Balaban J connectivity index is 1.89. The van der Waals surface area contributed by atoms with E-state index in [2.05, 4.69) is 32.6 Å². The normalized spacial score (nSPS) is 31.1. The summed E-state index contributed by atoms with van der Waals surface area (Å²) in [5.41, 5.74) is 1.29. The van der Waals surface area contributed by atoms with Gasteiger partial charge < -0.3 is 15.3 Å². The fourth-order valence-electron chi connectivity index (χ4n) is 4.75. The van der Waals surface area contributed by atoms with Crippen LogP contribution < -0.4 is 0 Å². The van der Waals surface area contributed by atoms with Crippen LogP contribution in [0.5, 0.6) is 0 Å². The summed E-state index contributed by atoms with van der Waals surface area (Å²) in [5, 5.41) is 29.9. The van der Waals surface area contributed by atoms with Crippen molar-refractivity contribution >= 4 is 0 Å². The van der Waals surface area contributed by atoms with Gasteiger partial charge in [0.05, 0.1) is 18.0 Å². The molecule has 142 valence electrons. The minimum Gasteiger partial charge on any atom is -0.513 e. The molecule has 0 fully saturated rings. The third-order valence-electron chi connectivity index (χ3n) is 6.03. The van der Waals surface area contributed by atoms with Crippen molar-refractivity contribution in [3.8, 4) is 0 Å². The van der Waals surface area contributed by atoms with Crippen LogP contribution in [0.15, 0.2) is 36.1 Å². The summed E-state index contributed by atoms with van der Waals surface area (Å²) in [6.45, 7) is 8.01. The highest BCUT2D eigenvalue weighted by Gasteiger charge is 2.33. The molecule has 0 aromatic carbocycles. The highest BCUT2D eigenvalue weighted by molar-refractivity contribution is 5.30. The monoisotopic (exact) mass is 348 g/mol. The Labute approximate surface area is 153 Å². The molecule has 6 atom stereocenters. The van der Waals surface area contributed by atoms with Crippen molar-refractivity contribution in [1.29, 1.82) is 0 Å². The van der Waals surface area contributed by atoms with Gasteiger partial charge in [0, 0.05) is 6.42 Å². The maximum absolute atomic E-state index is 10.5. The largest absolute Gasteiger partial charge is 0.513 e. The Kier molecular flexibility index (Phi) is 7.77. The van der Waals surface area contributed by atoms with Crippen molar-refractivity contribution < 1.29 is 15.3 Å². The van der Waals surface area contributed by atoms with Crippen LogP contribution >= 0.6 is 0 Å². The topological polar surface area (TPSA) is 60.7 Å². The van der Waals surface area contributed by atoms with E-state index in [4.69, 9.17) is 0 Å². The Hall–Kier alpha value is -1.06. The fourth-order valence-corrected chi connectivity index (χ4v) is 4.75. The van der Waals surface area contributed by atoms with Crippen molar-refractivity contribution in [3.63, 3.8) is 0 Å². The average molecular weight is 349 g/mol. The maximum Gasteiger partial charge on any atom is 0.0853 e. The lowest BCUT2D eigenvalue weighted by molar-refractivity contribution is 0.106. The summed E-state index contributed by atoms with van der Waals surface area (Å²) < 4.78 is 0. The number of allylic oxidation sites excluding steroid dienone is 4. The van der Waals surface area contributed by atoms with Crippen LogP contribution in [-0.4, -0.2) is 27.5 Å². The van der Waals surface area contributed by atoms with Crippen LogP contribution in [-0.2, 0) is 0 Å². The standard InChI is InChI=1S/C22H36O3/c1-4-5-17(12-16(3)23)13-19(24)8-10-21-15(2)6-7-18-14-20(25)9-11-22(18)21/h6-7,14-15,17,19-25H,3-5,8-13H2,1-2H3/t15-,17?,19+,20-,21-,22?/m0/s1. The van der Waals surface area contributed by atoms with Crippen molar-refractivity contribution in [2.24, 2.45) is 23.7 Å². The van der Waals surface area contributed by atoms with Crippen molar-refractivity contribution in [1.82, 2.24) is 0 Å². The summed E-state index contributed by atoms with van der Waals surface area (Å²) in [4.78, 5) is 0. The minimum atomic E-state index is -0.310. The summed E-state index contributed by atoms with van der Waals surface area (Å²) in [6.07, 6.45) is 13.0. The molecule has 3 heteroatoms. The smallest absolute Gasteiger partial charge is 0.0853 e. The number of fused-ring (bicyclic) bond motifs is 1. The molecule has 2 unspecified atom stereocenters. The zero-order chi connectivity index (χ0) is 18.4. The van der Waals surface area contributed by atoms with Gasteiger partial charge in [0.1, 0.15) is 0 Å². The molecule has 0 aromatic rings. The first-order valence-electron chi connectivity index (χ1n) is 10.0. The van der Waals surface area contributed by atoms with Crippen LogP contribution in [0.1, 0.15) is 65.2 Å². The first kappa shape index (κ1) is 20.3. The molecule has 0 radical (unpaired) electrons. The molecule has 0 bridgehead atoms. The van der Waals surface area contributed by atoms with Gasteiger partial charge in [0.25, 0.3) is 0 Å². The van der Waals surface area contributed by atoms with Gasteiger partial charge in [-0.05, 0) is 61.3 Å². The molecular formula is C22H36O3. The second-order valence-corrected chi connectivity index (χ2v) is 8.19. The predicted molar refractivity (Wildman–Crippen MR) is 103 cm³/mol. The van der Waals surface area contributed by atoms with E-state index in [1.165, 1.54) is 5.57 Å². The van der Waals surface area contributed by atoms with Gasteiger partial charge in [0.15, 0.2) is 0 Å². The van der Waals surface area contributed by atoms with Gasteiger partial charge in [0.2, 0.25) is 0 Å². The van der Waals surface area contributed by atoms with E-state index in [9.17, 15) is 15.3 Å². The molecule has 0 spiro atoms. The third-order valence-corrected chi connectivity index (χ3v) is 6.03. The number of aliphatic hydroxyl groups excluding tert-OH is 3. The molecule has 3 nitrogen and oxygen atoms in total. The first-order chi connectivity index (χ1) is 11.9. The van der Waals surface area contributed by atoms with E-state index in [0.717, 1.165) is 44.9 Å². The maximum atomic E-state index is 10.5. The van der Waals surface area contributed by atoms with Crippen LogP contribution in [0, 0.1) is 23.7 Å². The van der Waals surface area contributed by atoms with E-state index < -0.39 is 0 Å². The van der Waals surface area contributed by atoms with E-state index >= 15 is 0 Å². The van der Waals surface area contributed by atoms with Crippen LogP contribution in [0.3, 0.4) is 0 Å². The van der Waals surface area contributed by atoms with Gasteiger partial charge >= 0.3 is 0 Å². The highest BCUT2D eigenvalue weighted by Crippen LogP contribution is 2.42. The average Bonchev–Trinajstić information content (AvgIpc) is 2.53. The summed E-state index contributed by atoms with van der Waals surface area (Å²) in [5.74, 6) is 2.15. The Morgan fingerprint density at radius 1 is 1.32 bits per heavy atom. The second-order valence-electron chi connectivity index (χ2n) is 8.19. The summed E-state index contributed by atoms with van der Waals surface area (Å²) in [6, 6.07) is 0. The van der Waals surface area contributed by atoms with E-state index in [-0.39, 0.29) is 18.0 Å². The van der Waals surface area contributed by atoms with E-state index in [1.54, 1.807) is 0 Å². The van der Waals surface area contributed by atoms with Crippen LogP contribution in [0.25, 0.3) is 0 Å². The summed E-state index contributed by atoms with van der Waals surface area (Å²) >= 11 is 0. The van der Waals surface area contributed by atoms with Crippen molar-refractivity contribution in [3.05, 3.63) is 36.1 Å². The summed E-state index contributed by atoms with van der Waals surface area (Å²) in [7, 11) is 0. The molecule has 0 heterocycles. The van der Waals surface area contributed by atoms with E-state index in [0.29, 0.717) is 30.1 Å². The van der Waals surface area contributed by atoms with Gasteiger partial charge in [-0.1, -0.05) is 51.5 Å². The predicted octanol–water partition coefficient (Wildman–Crippen LogP) is 4.92. The lowest BCUT2D eigenvalue weighted by atomic mass is 9.67. The number of hydrogen-bond acceptors (Lipinski definition) is 3. The van der Waals surface area contributed by atoms with Crippen molar-refractivity contribution in [2.75, 3.05) is 0 Å². The molecule has 3 N–H and O–H groups in total. The molecule has 25 heavy (non-hydrogen) atoms. The highest BCUT2D eigenvalue weighted by atomic mass is 16.3. The first-order valence-corrected chi connectivity index (χ1v) is 10.0. The second kappa shape index (κ2) is 9.59. The molecule has 2 aliphatic carbocycles. The minimum absolute atomic E-state index is 0.229. The SMILES string of the molecule is C=C(O)CC(CCC)C[C@H](O)CC[C@@H]1C2CC[C@H](O)C=C2C=C[C@@H]1C. The number of rotatable bonds is 9. The molecule has 0 aliphatic heterocycles. The van der Waals surface area contributed by atoms with Gasteiger partial charge in [-0.3, -0.25) is 0 Å². The molecule has 2 aliphatic rings. The Bertz CT molecular complexity index is 494.